The minimum atomic E-state index is 0.420. The molecular formula is C23H28N6O. The van der Waals surface area contributed by atoms with E-state index in [0.717, 1.165) is 72.8 Å². The third-order valence-electron chi connectivity index (χ3n) is 5.49. The topological polar surface area (TPSA) is 76.9 Å². The van der Waals surface area contributed by atoms with Gasteiger partial charge in [-0.05, 0) is 44.0 Å². The summed E-state index contributed by atoms with van der Waals surface area (Å²) in [6, 6.07) is 4.30. The molecule has 0 unspecified atom stereocenters. The largest absolute Gasteiger partial charge is 0.384 e. The van der Waals surface area contributed by atoms with Crippen LogP contribution < -0.4 is 0 Å². The number of aromatic nitrogens is 5. The van der Waals surface area contributed by atoms with Crippen LogP contribution in [0.15, 0.2) is 43.2 Å². The predicted molar refractivity (Wildman–Crippen MR) is 115 cm³/mol. The van der Waals surface area contributed by atoms with E-state index >= 15 is 0 Å². The summed E-state index contributed by atoms with van der Waals surface area (Å²) in [5.41, 5.74) is 5.50. The zero-order chi connectivity index (χ0) is 20.8. The molecule has 1 aliphatic heterocycles. The van der Waals surface area contributed by atoms with Crippen LogP contribution in [-0.2, 0) is 17.7 Å². The van der Waals surface area contributed by atoms with Crippen LogP contribution in [-0.4, -0.2) is 56.6 Å². The van der Waals surface area contributed by atoms with E-state index in [1.54, 1.807) is 13.4 Å². The van der Waals surface area contributed by atoms with Crippen LogP contribution >= 0.6 is 0 Å². The Labute approximate surface area is 177 Å². The fourth-order valence-electron chi connectivity index (χ4n) is 4.00. The minimum Gasteiger partial charge on any atom is -0.384 e. The molecule has 0 bridgehead atoms. The molecule has 3 aromatic heterocycles. The van der Waals surface area contributed by atoms with Crippen molar-refractivity contribution in [2.75, 3.05) is 26.8 Å². The molecule has 0 spiro atoms. The fraction of sp³-hybridized carbons (Fsp3) is 0.435. The SMILES string of the molecule is COCCc1ncc(CN2CCC[C@@H](c3cc(-c4cncnc4)cc(C)n3)C2)cn1. The van der Waals surface area contributed by atoms with E-state index in [1.807, 2.05) is 24.8 Å². The highest BCUT2D eigenvalue weighted by Gasteiger charge is 2.23. The number of hydrogen-bond donors (Lipinski definition) is 0. The molecule has 1 saturated heterocycles. The van der Waals surface area contributed by atoms with Crippen molar-refractivity contribution in [1.82, 2.24) is 29.8 Å². The number of nitrogens with zero attached hydrogens (tertiary/aromatic N) is 6. The van der Waals surface area contributed by atoms with Crippen molar-refractivity contribution in [3.63, 3.8) is 0 Å². The van der Waals surface area contributed by atoms with Gasteiger partial charge in [0.2, 0.25) is 0 Å². The van der Waals surface area contributed by atoms with Crippen molar-refractivity contribution in [2.24, 2.45) is 0 Å². The third-order valence-corrected chi connectivity index (χ3v) is 5.49. The molecule has 30 heavy (non-hydrogen) atoms. The maximum Gasteiger partial charge on any atom is 0.130 e. The summed E-state index contributed by atoms with van der Waals surface area (Å²) in [7, 11) is 1.70. The molecule has 7 heteroatoms. The van der Waals surface area contributed by atoms with Crippen LogP contribution in [0.3, 0.4) is 0 Å². The van der Waals surface area contributed by atoms with Crippen molar-refractivity contribution in [2.45, 2.75) is 38.6 Å². The second-order valence-electron chi connectivity index (χ2n) is 7.87. The molecule has 3 aromatic rings. The summed E-state index contributed by atoms with van der Waals surface area (Å²) in [6.45, 7) is 5.65. The van der Waals surface area contributed by atoms with Crippen molar-refractivity contribution < 1.29 is 4.74 Å². The summed E-state index contributed by atoms with van der Waals surface area (Å²) in [5, 5.41) is 0. The number of aryl methyl sites for hydroxylation is 1. The monoisotopic (exact) mass is 404 g/mol. The average molecular weight is 405 g/mol. The quantitative estimate of drug-likeness (QED) is 0.598. The summed E-state index contributed by atoms with van der Waals surface area (Å²) in [5.74, 6) is 1.25. The maximum absolute atomic E-state index is 5.10. The van der Waals surface area contributed by atoms with Gasteiger partial charge in [0, 0.05) is 79.8 Å². The lowest BCUT2D eigenvalue weighted by molar-refractivity contribution is 0.197. The molecular weight excluding hydrogens is 376 g/mol. The normalized spacial score (nSPS) is 17.2. The molecule has 0 saturated carbocycles. The number of piperidine rings is 1. The lowest BCUT2D eigenvalue weighted by Crippen LogP contribution is -2.34. The smallest absolute Gasteiger partial charge is 0.130 e. The van der Waals surface area contributed by atoms with E-state index < -0.39 is 0 Å². The highest BCUT2D eigenvalue weighted by molar-refractivity contribution is 5.62. The second-order valence-corrected chi connectivity index (χ2v) is 7.87. The van der Waals surface area contributed by atoms with Gasteiger partial charge < -0.3 is 4.74 Å². The number of likely N-dealkylation sites (tertiary alicyclic amines) is 1. The van der Waals surface area contributed by atoms with E-state index in [1.165, 1.54) is 0 Å². The molecule has 0 aliphatic carbocycles. The highest BCUT2D eigenvalue weighted by atomic mass is 16.5. The number of methoxy groups -OCH3 is 1. The van der Waals surface area contributed by atoms with Gasteiger partial charge >= 0.3 is 0 Å². The van der Waals surface area contributed by atoms with Crippen LogP contribution in [0.2, 0.25) is 0 Å². The Balaban J connectivity index is 1.44. The maximum atomic E-state index is 5.10. The molecule has 1 aliphatic rings. The molecule has 0 N–H and O–H groups in total. The van der Waals surface area contributed by atoms with E-state index in [2.05, 4.69) is 43.9 Å². The Kier molecular flexibility index (Phi) is 6.71. The van der Waals surface area contributed by atoms with Crippen LogP contribution in [0.5, 0.6) is 0 Å². The van der Waals surface area contributed by atoms with E-state index in [0.29, 0.717) is 12.5 Å². The molecule has 4 rings (SSSR count). The Morgan fingerprint density at radius 3 is 2.63 bits per heavy atom. The van der Waals surface area contributed by atoms with Crippen molar-refractivity contribution in [3.05, 3.63) is 66.0 Å². The van der Waals surface area contributed by atoms with Gasteiger partial charge in [-0.25, -0.2) is 19.9 Å². The van der Waals surface area contributed by atoms with Gasteiger partial charge in [0.25, 0.3) is 0 Å². The molecule has 1 fully saturated rings. The van der Waals surface area contributed by atoms with Crippen LogP contribution in [0.25, 0.3) is 11.1 Å². The van der Waals surface area contributed by atoms with E-state index in [-0.39, 0.29) is 0 Å². The number of pyridine rings is 1. The second kappa shape index (κ2) is 9.82. The first-order valence-electron chi connectivity index (χ1n) is 10.5. The molecule has 0 radical (unpaired) electrons. The first kappa shape index (κ1) is 20.5. The molecule has 4 heterocycles. The molecule has 1 atom stereocenters. The number of hydrogen-bond acceptors (Lipinski definition) is 7. The molecule has 156 valence electrons. The molecule has 0 aromatic carbocycles. The van der Waals surface area contributed by atoms with Gasteiger partial charge in [-0.2, -0.15) is 0 Å². The van der Waals surface area contributed by atoms with Crippen LogP contribution in [0.1, 0.15) is 41.5 Å². The van der Waals surface area contributed by atoms with E-state index in [4.69, 9.17) is 9.72 Å². The lowest BCUT2D eigenvalue weighted by Gasteiger charge is -2.32. The summed E-state index contributed by atoms with van der Waals surface area (Å²) >= 11 is 0. The van der Waals surface area contributed by atoms with Gasteiger partial charge in [-0.1, -0.05) is 0 Å². The van der Waals surface area contributed by atoms with Gasteiger partial charge in [0.15, 0.2) is 0 Å². The first-order valence-corrected chi connectivity index (χ1v) is 10.5. The Hall–Kier alpha value is -2.77. The van der Waals surface area contributed by atoms with Crippen molar-refractivity contribution in [1.29, 1.82) is 0 Å². The zero-order valence-electron chi connectivity index (χ0n) is 17.7. The van der Waals surface area contributed by atoms with Gasteiger partial charge in [-0.15, -0.1) is 0 Å². The Bertz CT molecular complexity index is 948. The van der Waals surface area contributed by atoms with Crippen molar-refractivity contribution in [3.8, 4) is 11.1 Å². The average Bonchev–Trinajstić information content (AvgIpc) is 2.79. The summed E-state index contributed by atoms with van der Waals surface area (Å²) in [4.78, 5) is 24.6. The Morgan fingerprint density at radius 2 is 1.87 bits per heavy atom. The predicted octanol–water partition coefficient (Wildman–Crippen LogP) is 3.21. The first-order chi connectivity index (χ1) is 14.7. The minimum absolute atomic E-state index is 0.420. The molecule has 7 nitrogen and oxygen atoms in total. The molecule has 0 amide bonds. The van der Waals surface area contributed by atoms with Gasteiger partial charge in [-0.3, -0.25) is 9.88 Å². The summed E-state index contributed by atoms with van der Waals surface area (Å²) < 4.78 is 5.10. The van der Waals surface area contributed by atoms with E-state index in [9.17, 15) is 0 Å². The number of ether oxygens (including phenoxy) is 1. The van der Waals surface area contributed by atoms with Crippen molar-refractivity contribution >= 4 is 0 Å². The fourth-order valence-corrected chi connectivity index (χ4v) is 4.00. The zero-order valence-corrected chi connectivity index (χ0v) is 17.7. The summed E-state index contributed by atoms with van der Waals surface area (Å²) in [6.07, 6.45) is 12.2. The van der Waals surface area contributed by atoms with Gasteiger partial charge in [0.1, 0.15) is 12.2 Å². The lowest BCUT2D eigenvalue weighted by atomic mass is 9.92. The van der Waals surface area contributed by atoms with Crippen LogP contribution in [0.4, 0.5) is 0 Å². The number of rotatable bonds is 7. The van der Waals surface area contributed by atoms with Crippen LogP contribution in [0, 0.1) is 6.92 Å². The van der Waals surface area contributed by atoms with Gasteiger partial charge in [0.05, 0.1) is 6.61 Å². The highest BCUT2D eigenvalue weighted by Crippen LogP contribution is 2.29. The Morgan fingerprint density at radius 1 is 1.07 bits per heavy atom. The third kappa shape index (κ3) is 5.23. The standard InChI is InChI=1S/C23H28N6O/c1-17-8-20(21-12-24-16-25-13-21)9-22(28-17)19-4-3-6-29(15-19)14-18-10-26-23(27-11-18)5-7-30-2/h8-13,16,19H,3-7,14-15H2,1-2H3/t19-/m1/s1.